The molecule has 2 rings (SSSR count). The van der Waals surface area contributed by atoms with Crippen LogP contribution < -0.4 is 9.47 Å². The van der Waals surface area contributed by atoms with Gasteiger partial charge in [0.1, 0.15) is 5.75 Å². The van der Waals surface area contributed by atoms with Crippen LogP contribution in [0.1, 0.15) is 18.2 Å². The topological polar surface area (TPSA) is 82.8 Å². The van der Waals surface area contributed by atoms with Gasteiger partial charge in [0.25, 0.3) is 0 Å². The van der Waals surface area contributed by atoms with E-state index in [0.717, 1.165) is 5.69 Å². The first kappa shape index (κ1) is 21.1. The second kappa shape index (κ2) is 9.12. The standard InChI is InChI=1S/C18H20Cl2N2O5/c1-10-12(6-5-7-23)17(22(3)21-10)27-16-9-15(13(19)8-14(16)20)26-11(2)18(24)25-4/h5-6,8-9,11,23H,7H2,1-4H3/t11-/m0/s1. The van der Waals surface area contributed by atoms with Crippen LogP contribution in [-0.2, 0) is 16.6 Å². The van der Waals surface area contributed by atoms with Crippen molar-refractivity contribution in [1.29, 1.82) is 0 Å². The van der Waals surface area contributed by atoms with Crippen LogP contribution >= 0.6 is 23.2 Å². The van der Waals surface area contributed by atoms with Gasteiger partial charge in [0.05, 0.1) is 35.0 Å². The number of hydrogen-bond donors (Lipinski definition) is 1. The molecule has 2 aromatic rings. The molecule has 9 heteroatoms. The molecule has 0 saturated heterocycles. The number of aliphatic hydroxyl groups is 1. The van der Waals surface area contributed by atoms with Gasteiger partial charge in [-0.1, -0.05) is 29.3 Å². The Hall–Kier alpha value is -2.22. The lowest BCUT2D eigenvalue weighted by Crippen LogP contribution is -2.25. The van der Waals surface area contributed by atoms with Crippen LogP contribution in [-0.4, -0.2) is 40.7 Å². The number of rotatable bonds is 7. The first-order valence-electron chi connectivity index (χ1n) is 8.00. The van der Waals surface area contributed by atoms with Crippen molar-refractivity contribution in [3.8, 4) is 17.4 Å². The van der Waals surface area contributed by atoms with Gasteiger partial charge < -0.3 is 19.3 Å². The zero-order chi connectivity index (χ0) is 20.1. The first-order chi connectivity index (χ1) is 12.8. The molecule has 1 N–H and O–H groups in total. The number of aliphatic hydroxyl groups excluding tert-OH is 1. The van der Waals surface area contributed by atoms with Crippen LogP contribution in [0.3, 0.4) is 0 Å². The number of benzene rings is 1. The zero-order valence-corrected chi connectivity index (χ0v) is 16.8. The summed E-state index contributed by atoms with van der Waals surface area (Å²) in [6, 6.07) is 2.95. The molecule has 1 heterocycles. The van der Waals surface area contributed by atoms with Crippen LogP contribution in [0.5, 0.6) is 17.4 Å². The Labute approximate surface area is 167 Å². The van der Waals surface area contributed by atoms with Crippen LogP contribution in [0.2, 0.25) is 10.0 Å². The number of aryl methyl sites for hydroxylation is 2. The van der Waals surface area contributed by atoms with Gasteiger partial charge in [-0.3, -0.25) is 0 Å². The van der Waals surface area contributed by atoms with Crippen LogP contribution in [0.4, 0.5) is 0 Å². The van der Waals surface area contributed by atoms with E-state index in [9.17, 15) is 4.79 Å². The van der Waals surface area contributed by atoms with Gasteiger partial charge in [-0.15, -0.1) is 0 Å². The molecule has 0 unspecified atom stereocenters. The molecule has 146 valence electrons. The number of carbonyl (C=O) groups excluding carboxylic acids is 1. The van der Waals surface area contributed by atoms with Gasteiger partial charge in [-0.25, -0.2) is 9.48 Å². The highest BCUT2D eigenvalue weighted by Gasteiger charge is 2.20. The highest BCUT2D eigenvalue weighted by Crippen LogP contribution is 2.39. The molecule has 1 atom stereocenters. The van der Waals surface area contributed by atoms with E-state index in [1.807, 2.05) is 6.92 Å². The SMILES string of the molecule is COC(=O)[C@H](C)Oc1cc(Oc2c(C=CCO)c(C)nn2C)c(Cl)cc1Cl. The summed E-state index contributed by atoms with van der Waals surface area (Å²) in [6.07, 6.45) is 2.43. The summed E-state index contributed by atoms with van der Waals surface area (Å²) < 4.78 is 17.7. The van der Waals surface area contributed by atoms with Crippen molar-refractivity contribution in [3.63, 3.8) is 0 Å². The minimum absolute atomic E-state index is 0.112. The van der Waals surface area contributed by atoms with Crippen molar-refractivity contribution in [1.82, 2.24) is 9.78 Å². The predicted molar refractivity (Wildman–Crippen MR) is 103 cm³/mol. The van der Waals surface area contributed by atoms with Crippen molar-refractivity contribution >= 4 is 35.2 Å². The molecule has 0 radical (unpaired) electrons. The quantitative estimate of drug-likeness (QED) is 0.694. The number of ether oxygens (including phenoxy) is 3. The second-order valence-electron chi connectivity index (χ2n) is 5.61. The average molecular weight is 415 g/mol. The van der Waals surface area contributed by atoms with Crippen molar-refractivity contribution in [2.45, 2.75) is 20.0 Å². The smallest absolute Gasteiger partial charge is 0.346 e. The highest BCUT2D eigenvalue weighted by atomic mass is 35.5. The van der Waals surface area contributed by atoms with Gasteiger partial charge in [-0.2, -0.15) is 5.10 Å². The Kier molecular flexibility index (Phi) is 7.12. The third-order valence-corrected chi connectivity index (χ3v) is 4.22. The molecule has 1 aromatic carbocycles. The van der Waals surface area contributed by atoms with Crippen molar-refractivity contribution in [2.75, 3.05) is 13.7 Å². The summed E-state index contributed by atoms with van der Waals surface area (Å²) in [4.78, 5) is 11.6. The maximum absolute atomic E-state index is 11.6. The van der Waals surface area contributed by atoms with Crippen LogP contribution in [0.15, 0.2) is 18.2 Å². The second-order valence-corrected chi connectivity index (χ2v) is 6.43. The largest absolute Gasteiger partial charge is 0.477 e. The summed E-state index contributed by atoms with van der Waals surface area (Å²) in [5, 5.41) is 13.8. The fourth-order valence-corrected chi connectivity index (χ4v) is 2.79. The molecule has 7 nitrogen and oxygen atoms in total. The summed E-state index contributed by atoms with van der Waals surface area (Å²) in [7, 11) is 2.99. The van der Waals surface area contributed by atoms with Gasteiger partial charge in [0, 0.05) is 13.1 Å². The van der Waals surface area contributed by atoms with E-state index >= 15 is 0 Å². The molecular weight excluding hydrogens is 395 g/mol. The molecule has 0 bridgehead atoms. The fraction of sp³-hybridized carbons (Fsp3) is 0.333. The van der Waals surface area contributed by atoms with E-state index in [-0.39, 0.29) is 28.2 Å². The summed E-state index contributed by atoms with van der Waals surface area (Å²) in [6.45, 7) is 3.25. The summed E-state index contributed by atoms with van der Waals surface area (Å²) in [5.74, 6) is 0.380. The lowest BCUT2D eigenvalue weighted by molar-refractivity contribution is -0.147. The molecule has 0 fully saturated rings. The Morgan fingerprint density at radius 3 is 2.63 bits per heavy atom. The number of methoxy groups -OCH3 is 1. The monoisotopic (exact) mass is 414 g/mol. The lowest BCUT2D eigenvalue weighted by Gasteiger charge is -2.16. The van der Waals surface area contributed by atoms with Crippen LogP contribution in [0, 0.1) is 6.92 Å². The van der Waals surface area contributed by atoms with Crippen molar-refractivity contribution in [2.24, 2.45) is 7.05 Å². The van der Waals surface area contributed by atoms with Gasteiger partial charge in [0.15, 0.2) is 11.9 Å². The molecule has 0 aliphatic heterocycles. The third kappa shape index (κ3) is 4.94. The maximum Gasteiger partial charge on any atom is 0.346 e. The first-order valence-corrected chi connectivity index (χ1v) is 8.76. The maximum atomic E-state index is 11.6. The molecule has 0 saturated carbocycles. The molecule has 0 aliphatic rings. The Balaban J connectivity index is 2.39. The third-order valence-electron chi connectivity index (χ3n) is 3.63. The fourth-order valence-electron chi connectivity index (χ4n) is 2.32. The number of carbonyl (C=O) groups is 1. The van der Waals surface area contributed by atoms with Crippen molar-refractivity contribution in [3.05, 3.63) is 39.5 Å². The van der Waals surface area contributed by atoms with E-state index < -0.39 is 12.1 Å². The van der Waals surface area contributed by atoms with Crippen LogP contribution in [0.25, 0.3) is 6.08 Å². The lowest BCUT2D eigenvalue weighted by atomic mass is 10.2. The Morgan fingerprint density at radius 2 is 2.00 bits per heavy atom. The normalized spacial score (nSPS) is 12.3. The average Bonchev–Trinajstić information content (AvgIpc) is 2.89. The number of nitrogens with zero attached hydrogens (tertiary/aromatic N) is 2. The van der Waals surface area contributed by atoms with E-state index in [1.165, 1.54) is 19.2 Å². The van der Waals surface area contributed by atoms with E-state index in [1.54, 1.807) is 30.8 Å². The predicted octanol–water partition coefficient (Wildman–Crippen LogP) is 3.77. The zero-order valence-electron chi connectivity index (χ0n) is 15.3. The van der Waals surface area contributed by atoms with E-state index in [2.05, 4.69) is 9.84 Å². The number of aromatic nitrogens is 2. The minimum Gasteiger partial charge on any atom is -0.477 e. The van der Waals surface area contributed by atoms with Gasteiger partial charge >= 0.3 is 5.97 Å². The number of hydrogen-bond acceptors (Lipinski definition) is 6. The molecule has 0 spiro atoms. The number of esters is 1. The Morgan fingerprint density at radius 1 is 1.33 bits per heavy atom. The highest BCUT2D eigenvalue weighted by molar-refractivity contribution is 6.36. The number of halogens is 2. The molecule has 0 aliphatic carbocycles. The Bertz CT molecular complexity index is 864. The van der Waals surface area contributed by atoms with Gasteiger partial charge in [-0.05, 0) is 26.0 Å². The molecule has 27 heavy (non-hydrogen) atoms. The summed E-state index contributed by atoms with van der Waals surface area (Å²) in [5.41, 5.74) is 1.42. The molecule has 0 amide bonds. The summed E-state index contributed by atoms with van der Waals surface area (Å²) >= 11 is 12.4. The molecule has 1 aromatic heterocycles. The van der Waals surface area contributed by atoms with Crippen molar-refractivity contribution < 1.29 is 24.1 Å². The van der Waals surface area contributed by atoms with E-state index in [0.29, 0.717) is 11.4 Å². The molecular formula is C18H20Cl2N2O5. The minimum atomic E-state index is -0.858. The van der Waals surface area contributed by atoms with Gasteiger partial charge in [0.2, 0.25) is 5.88 Å². The van der Waals surface area contributed by atoms with E-state index in [4.69, 9.17) is 37.8 Å².